The van der Waals surface area contributed by atoms with Crippen LogP contribution in [0.2, 0.25) is 0 Å². The Hall–Kier alpha value is -6.45. The van der Waals surface area contributed by atoms with Crippen molar-refractivity contribution in [3.63, 3.8) is 0 Å². The van der Waals surface area contributed by atoms with Crippen LogP contribution in [0.1, 0.15) is 33.4 Å². The monoisotopic (exact) mass is 697 g/mol. The molecule has 0 bridgehead atoms. The van der Waals surface area contributed by atoms with Gasteiger partial charge in [0.15, 0.2) is 0 Å². The van der Waals surface area contributed by atoms with Crippen LogP contribution < -0.4 is 0 Å². The Morgan fingerprint density at radius 1 is 0.315 bits per heavy atom. The molecule has 3 heterocycles. The Balaban J connectivity index is 1.11. The Morgan fingerprint density at radius 2 is 0.667 bits per heavy atom. The molecule has 262 valence electrons. The number of aromatic nitrogens is 3. The molecule has 0 N–H and O–H groups in total. The third-order valence-electron chi connectivity index (χ3n) is 10.4. The largest absolute Gasteiger partial charge is 0.256 e. The van der Waals surface area contributed by atoms with Gasteiger partial charge in [-0.1, -0.05) is 121 Å². The Morgan fingerprint density at radius 3 is 1.06 bits per heavy atom. The van der Waals surface area contributed by atoms with E-state index in [1.807, 2.05) is 55.0 Å². The third-order valence-corrected chi connectivity index (χ3v) is 10.4. The number of pyridine rings is 3. The maximum absolute atomic E-state index is 4.57. The standard InChI is InChI=1S/C51H43N3/c1-36-31-47(42-24-26-45(27-25-42)51-11-5-8-30-54-51)48(32-37(36)2)46-34-40(14-12-38-16-20-43(21-17-38)49-9-3-6-28-52-49)33-41(35-46)15-13-39-18-22-44(23-19-39)50-10-4-7-29-53-50/h3-11,16-35H,12-15H2,1-2H3. The molecule has 5 aromatic carbocycles. The quantitative estimate of drug-likeness (QED) is 0.135. The van der Waals surface area contributed by atoms with Crippen molar-refractivity contribution in [1.29, 1.82) is 0 Å². The van der Waals surface area contributed by atoms with Gasteiger partial charge in [-0.25, -0.2) is 0 Å². The molecule has 3 heteroatoms. The second kappa shape index (κ2) is 16.1. The molecular formula is C51H43N3. The van der Waals surface area contributed by atoms with Crippen LogP contribution in [0.3, 0.4) is 0 Å². The van der Waals surface area contributed by atoms with Crippen molar-refractivity contribution in [2.24, 2.45) is 0 Å². The van der Waals surface area contributed by atoms with E-state index in [2.05, 4.69) is 150 Å². The lowest BCUT2D eigenvalue weighted by molar-refractivity contribution is 0.931. The van der Waals surface area contributed by atoms with Crippen molar-refractivity contribution in [1.82, 2.24) is 15.0 Å². The fraction of sp³-hybridized carbons (Fsp3) is 0.118. The van der Waals surface area contributed by atoms with Crippen molar-refractivity contribution in [3.8, 4) is 56.0 Å². The first kappa shape index (κ1) is 34.6. The van der Waals surface area contributed by atoms with Crippen LogP contribution in [-0.4, -0.2) is 15.0 Å². The molecule has 3 aromatic heterocycles. The number of nitrogens with zero attached hydrogens (tertiary/aromatic N) is 3. The van der Waals surface area contributed by atoms with E-state index in [0.717, 1.165) is 59.5 Å². The zero-order valence-electron chi connectivity index (χ0n) is 30.9. The second-order valence-electron chi connectivity index (χ2n) is 14.1. The maximum atomic E-state index is 4.57. The van der Waals surface area contributed by atoms with Crippen LogP contribution in [0.25, 0.3) is 56.0 Å². The average Bonchev–Trinajstić information content (AvgIpc) is 3.24. The van der Waals surface area contributed by atoms with Crippen molar-refractivity contribution in [2.75, 3.05) is 0 Å². The molecule has 0 aliphatic carbocycles. The molecule has 3 nitrogen and oxygen atoms in total. The number of rotatable bonds is 11. The highest BCUT2D eigenvalue weighted by atomic mass is 14.7. The van der Waals surface area contributed by atoms with Gasteiger partial charge in [0.1, 0.15) is 0 Å². The van der Waals surface area contributed by atoms with E-state index in [1.165, 1.54) is 55.6 Å². The topological polar surface area (TPSA) is 38.7 Å². The highest BCUT2D eigenvalue weighted by molar-refractivity contribution is 5.86. The van der Waals surface area contributed by atoms with Gasteiger partial charge in [-0.3, -0.25) is 15.0 Å². The van der Waals surface area contributed by atoms with Crippen LogP contribution in [0.4, 0.5) is 0 Å². The van der Waals surface area contributed by atoms with Crippen LogP contribution in [-0.2, 0) is 25.7 Å². The number of hydrogen-bond donors (Lipinski definition) is 0. The van der Waals surface area contributed by atoms with Gasteiger partial charge in [0.25, 0.3) is 0 Å². The minimum absolute atomic E-state index is 0.960. The highest BCUT2D eigenvalue weighted by Gasteiger charge is 2.14. The first-order chi connectivity index (χ1) is 26.6. The summed E-state index contributed by atoms with van der Waals surface area (Å²) >= 11 is 0. The molecule has 0 unspecified atom stereocenters. The van der Waals surface area contributed by atoms with Gasteiger partial charge in [-0.15, -0.1) is 0 Å². The molecule has 0 amide bonds. The van der Waals surface area contributed by atoms with Gasteiger partial charge in [-0.2, -0.15) is 0 Å². The summed E-state index contributed by atoms with van der Waals surface area (Å²) in [6, 6.07) is 56.8. The molecule has 0 aliphatic rings. The lowest BCUT2D eigenvalue weighted by Crippen LogP contribution is -1.98. The molecule has 8 rings (SSSR count). The predicted molar refractivity (Wildman–Crippen MR) is 224 cm³/mol. The summed E-state index contributed by atoms with van der Waals surface area (Å²) < 4.78 is 0. The van der Waals surface area contributed by atoms with E-state index < -0.39 is 0 Å². The summed E-state index contributed by atoms with van der Waals surface area (Å²) in [7, 11) is 0. The summed E-state index contributed by atoms with van der Waals surface area (Å²) in [5.41, 5.74) is 19.4. The summed E-state index contributed by atoms with van der Waals surface area (Å²) in [6.45, 7) is 4.44. The lowest BCUT2D eigenvalue weighted by Gasteiger charge is -2.17. The molecule has 0 aliphatic heterocycles. The van der Waals surface area contributed by atoms with E-state index >= 15 is 0 Å². The molecule has 0 saturated heterocycles. The molecular weight excluding hydrogens is 655 g/mol. The van der Waals surface area contributed by atoms with Crippen molar-refractivity contribution in [3.05, 3.63) is 210 Å². The van der Waals surface area contributed by atoms with Gasteiger partial charge in [-0.05, 0) is 132 Å². The van der Waals surface area contributed by atoms with Crippen molar-refractivity contribution >= 4 is 0 Å². The van der Waals surface area contributed by atoms with E-state index in [4.69, 9.17) is 0 Å². The van der Waals surface area contributed by atoms with Gasteiger partial charge < -0.3 is 0 Å². The van der Waals surface area contributed by atoms with Gasteiger partial charge >= 0.3 is 0 Å². The fourth-order valence-electron chi connectivity index (χ4n) is 7.18. The first-order valence-electron chi connectivity index (χ1n) is 18.8. The van der Waals surface area contributed by atoms with Gasteiger partial charge in [0.2, 0.25) is 0 Å². The summed E-state index contributed by atoms with van der Waals surface area (Å²) in [6.07, 6.45) is 9.41. The van der Waals surface area contributed by atoms with Gasteiger partial charge in [0.05, 0.1) is 17.1 Å². The second-order valence-corrected chi connectivity index (χ2v) is 14.1. The van der Waals surface area contributed by atoms with E-state index in [-0.39, 0.29) is 0 Å². The normalized spacial score (nSPS) is 11.1. The zero-order chi connectivity index (χ0) is 36.7. The Kier molecular flexibility index (Phi) is 10.3. The van der Waals surface area contributed by atoms with Crippen LogP contribution in [0, 0.1) is 13.8 Å². The number of benzene rings is 5. The fourth-order valence-corrected chi connectivity index (χ4v) is 7.18. The summed E-state index contributed by atoms with van der Waals surface area (Å²) in [5.74, 6) is 0. The molecule has 0 fully saturated rings. The zero-order valence-corrected chi connectivity index (χ0v) is 30.9. The van der Waals surface area contributed by atoms with Crippen LogP contribution in [0.5, 0.6) is 0 Å². The lowest BCUT2D eigenvalue weighted by atomic mass is 9.87. The molecule has 0 atom stereocenters. The smallest absolute Gasteiger partial charge is 0.0701 e. The number of hydrogen-bond acceptors (Lipinski definition) is 3. The van der Waals surface area contributed by atoms with Crippen LogP contribution >= 0.6 is 0 Å². The van der Waals surface area contributed by atoms with Crippen molar-refractivity contribution < 1.29 is 0 Å². The van der Waals surface area contributed by atoms with E-state index in [1.54, 1.807) is 0 Å². The summed E-state index contributed by atoms with van der Waals surface area (Å²) in [4.78, 5) is 13.6. The Bertz CT molecular complexity index is 2350. The minimum Gasteiger partial charge on any atom is -0.256 e. The van der Waals surface area contributed by atoms with E-state index in [9.17, 15) is 0 Å². The molecule has 0 radical (unpaired) electrons. The summed E-state index contributed by atoms with van der Waals surface area (Å²) in [5, 5.41) is 0. The van der Waals surface area contributed by atoms with Gasteiger partial charge in [0, 0.05) is 35.3 Å². The SMILES string of the molecule is Cc1cc(-c2ccc(-c3ccccn3)cc2)c(-c2cc(CCc3ccc(-c4ccccn4)cc3)cc(CCc3ccc(-c4ccccn4)cc3)c2)cc1C. The third kappa shape index (κ3) is 8.11. The van der Waals surface area contributed by atoms with Crippen molar-refractivity contribution in [2.45, 2.75) is 39.5 Å². The predicted octanol–water partition coefficient (Wildman–Crippen LogP) is 12.4. The molecule has 0 spiro atoms. The molecule has 0 saturated carbocycles. The molecule has 8 aromatic rings. The van der Waals surface area contributed by atoms with Crippen LogP contribution in [0.15, 0.2) is 176 Å². The number of aryl methyl sites for hydroxylation is 6. The average molecular weight is 698 g/mol. The molecule has 54 heavy (non-hydrogen) atoms. The first-order valence-corrected chi connectivity index (χ1v) is 18.8. The minimum atomic E-state index is 0.960. The Labute approximate surface area is 319 Å². The maximum Gasteiger partial charge on any atom is 0.0701 e. The highest BCUT2D eigenvalue weighted by Crippen LogP contribution is 2.37. The van der Waals surface area contributed by atoms with E-state index in [0.29, 0.717) is 0 Å².